The molecule has 4 aromatic rings. The molecule has 0 atom stereocenters. The number of amides is 2. The van der Waals surface area contributed by atoms with Gasteiger partial charge < -0.3 is 9.47 Å². The van der Waals surface area contributed by atoms with Crippen LogP contribution in [0.1, 0.15) is 0 Å². The topological polar surface area (TPSA) is 88.7 Å². The Hall–Kier alpha value is -3.69. The van der Waals surface area contributed by atoms with Crippen molar-refractivity contribution in [3.05, 3.63) is 83.3 Å². The van der Waals surface area contributed by atoms with E-state index in [9.17, 15) is 9.59 Å². The number of hydrazine groups is 1. The molecule has 2 amide bonds. The van der Waals surface area contributed by atoms with Gasteiger partial charge in [-0.3, -0.25) is 25.8 Å². The Morgan fingerprint density at radius 2 is 1.32 bits per heavy atom. The molecular formula is C25H20BrN3O4S. The highest BCUT2D eigenvalue weighted by molar-refractivity contribution is 9.10. The van der Waals surface area contributed by atoms with Crippen LogP contribution in [0.25, 0.3) is 21.5 Å². The van der Waals surface area contributed by atoms with Crippen LogP contribution in [0.2, 0.25) is 0 Å². The Bertz CT molecular complexity index is 1370. The molecule has 0 radical (unpaired) electrons. The SMILES string of the molecule is O=C(COc1ccc2ccccc2c1Br)NNC(=S)NC(=O)COc1cccc2ccccc12. The summed E-state index contributed by atoms with van der Waals surface area (Å²) >= 11 is 8.56. The van der Waals surface area contributed by atoms with E-state index >= 15 is 0 Å². The van der Waals surface area contributed by atoms with Gasteiger partial charge in [-0.05, 0) is 56.4 Å². The summed E-state index contributed by atoms with van der Waals surface area (Å²) in [5.74, 6) is 0.201. The second kappa shape index (κ2) is 11.0. The van der Waals surface area contributed by atoms with Crippen molar-refractivity contribution in [3.8, 4) is 11.5 Å². The molecule has 0 spiro atoms. The predicted octanol–water partition coefficient (Wildman–Crippen LogP) is 4.24. The molecule has 0 saturated heterocycles. The lowest BCUT2D eigenvalue weighted by atomic mass is 10.1. The molecule has 7 nitrogen and oxygen atoms in total. The molecule has 9 heteroatoms. The summed E-state index contributed by atoms with van der Waals surface area (Å²) in [5, 5.41) is 6.34. The summed E-state index contributed by atoms with van der Waals surface area (Å²) in [4.78, 5) is 24.3. The fraction of sp³-hybridized carbons (Fsp3) is 0.0800. The maximum atomic E-state index is 12.2. The average molecular weight is 538 g/mol. The summed E-state index contributed by atoms with van der Waals surface area (Å²) in [6.45, 7) is -0.479. The standard InChI is InChI=1S/C25H20BrN3O4S/c26-24-19-10-4-2-7-17(19)12-13-21(24)33-15-23(31)28-29-25(34)27-22(30)14-32-20-11-5-8-16-6-1-3-9-18(16)20/h1-13H,14-15H2,(H,28,31)(H2,27,29,30,34). The van der Waals surface area contributed by atoms with E-state index in [0.717, 1.165) is 26.0 Å². The summed E-state index contributed by atoms with van der Waals surface area (Å²) in [6.07, 6.45) is 0. The highest BCUT2D eigenvalue weighted by atomic mass is 79.9. The van der Waals surface area contributed by atoms with Gasteiger partial charge in [-0.1, -0.05) is 66.7 Å². The number of hydrogen-bond donors (Lipinski definition) is 3. The Balaban J connectivity index is 1.21. The van der Waals surface area contributed by atoms with Gasteiger partial charge in [0, 0.05) is 5.39 Å². The number of thiocarbonyl (C=S) groups is 1. The van der Waals surface area contributed by atoms with Gasteiger partial charge in [0.25, 0.3) is 11.8 Å². The van der Waals surface area contributed by atoms with Crippen molar-refractivity contribution >= 4 is 66.6 Å². The second-order valence-corrected chi connectivity index (χ2v) is 8.41. The molecule has 34 heavy (non-hydrogen) atoms. The van der Waals surface area contributed by atoms with Gasteiger partial charge in [-0.15, -0.1) is 0 Å². The van der Waals surface area contributed by atoms with Crippen LogP contribution in [0.5, 0.6) is 11.5 Å². The van der Waals surface area contributed by atoms with Crippen molar-refractivity contribution in [3.63, 3.8) is 0 Å². The molecule has 4 rings (SSSR count). The molecule has 0 aliphatic rings. The summed E-state index contributed by atoms with van der Waals surface area (Å²) in [7, 11) is 0. The summed E-state index contributed by atoms with van der Waals surface area (Å²) in [6, 6.07) is 24.9. The number of rotatable bonds is 6. The fourth-order valence-electron chi connectivity index (χ4n) is 3.29. The Kier molecular flexibility index (Phi) is 7.56. The van der Waals surface area contributed by atoms with Crippen molar-refractivity contribution in [2.24, 2.45) is 0 Å². The number of carbonyl (C=O) groups is 2. The number of nitrogens with one attached hydrogen (secondary N) is 3. The molecule has 0 bridgehead atoms. The second-order valence-electron chi connectivity index (χ2n) is 7.20. The van der Waals surface area contributed by atoms with Gasteiger partial charge in [0.05, 0.1) is 4.47 Å². The molecule has 0 fully saturated rings. The van der Waals surface area contributed by atoms with Gasteiger partial charge in [0.2, 0.25) is 0 Å². The lowest BCUT2D eigenvalue weighted by Crippen LogP contribution is -2.50. The summed E-state index contributed by atoms with van der Waals surface area (Å²) < 4.78 is 12.0. The van der Waals surface area contributed by atoms with E-state index in [-0.39, 0.29) is 18.3 Å². The molecule has 0 aromatic heterocycles. The molecule has 0 aliphatic heterocycles. The highest BCUT2D eigenvalue weighted by Crippen LogP contribution is 2.33. The lowest BCUT2D eigenvalue weighted by Gasteiger charge is -2.13. The zero-order valence-electron chi connectivity index (χ0n) is 17.8. The largest absolute Gasteiger partial charge is 0.483 e. The summed E-state index contributed by atoms with van der Waals surface area (Å²) in [5.41, 5.74) is 4.86. The minimum atomic E-state index is -0.469. The third-order valence-electron chi connectivity index (χ3n) is 4.86. The van der Waals surface area contributed by atoms with Crippen LogP contribution in [-0.2, 0) is 9.59 Å². The normalized spacial score (nSPS) is 10.5. The van der Waals surface area contributed by atoms with Gasteiger partial charge in [0.1, 0.15) is 11.5 Å². The van der Waals surface area contributed by atoms with Crippen molar-refractivity contribution < 1.29 is 19.1 Å². The number of fused-ring (bicyclic) bond motifs is 2. The van der Waals surface area contributed by atoms with E-state index in [1.54, 1.807) is 12.1 Å². The monoisotopic (exact) mass is 537 g/mol. The maximum Gasteiger partial charge on any atom is 0.276 e. The van der Waals surface area contributed by atoms with E-state index in [2.05, 4.69) is 32.1 Å². The number of carbonyl (C=O) groups excluding carboxylic acids is 2. The number of benzene rings is 4. The number of ether oxygens (including phenoxy) is 2. The van der Waals surface area contributed by atoms with Crippen LogP contribution in [-0.4, -0.2) is 30.1 Å². The van der Waals surface area contributed by atoms with E-state index in [1.165, 1.54) is 0 Å². The maximum absolute atomic E-state index is 12.2. The average Bonchev–Trinajstić information content (AvgIpc) is 2.86. The van der Waals surface area contributed by atoms with Crippen LogP contribution in [0.3, 0.4) is 0 Å². The van der Waals surface area contributed by atoms with E-state index in [1.807, 2.05) is 66.7 Å². The van der Waals surface area contributed by atoms with E-state index in [4.69, 9.17) is 21.7 Å². The molecule has 3 N–H and O–H groups in total. The minimum Gasteiger partial charge on any atom is -0.483 e. The van der Waals surface area contributed by atoms with Crippen LogP contribution < -0.4 is 25.6 Å². The Morgan fingerprint density at radius 3 is 2.12 bits per heavy atom. The third-order valence-corrected chi connectivity index (χ3v) is 5.89. The van der Waals surface area contributed by atoms with Crippen LogP contribution in [0, 0.1) is 0 Å². The van der Waals surface area contributed by atoms with Crippen molar-refractivity contribution in [1.82, 2.24) is 16.2 Å². The van der Waals surface area contributed by atoms with Crippen LogP contribution >= 0.6 is 28.1 Å². The zero-order chi connectivity index (χ0) is 23.9. The van der Waals surface area contributed by atoms with Crippen molar-refractivity contribution in [2.75, 3.05) is 13.2 Å². The number of halogens is 1. The molecule has 0 unspecified atom stereocenters. The minimum absolute atomic E-state index is 0.0632. The molecule has 172 valence electrons. The van der Waals surface area contributed by atoms with Gasteiger partial charge >= 0.3 is 0 Å². The third kappa shape index (κ3) is 5.81. The first-order valence-corrected chi connectivity index (χ1v) is 11.5. The number of hydrogen-bond acceptors (Lipinski definition) is 5. The van der Waals surface area contributed by atoms with Gasteiger partial charge in [-0.2, -0.15) is 0 Å². The Labute approximate surface area is 209 Å². The molecule has 0 aliphatic carbocycles. The van der Waals surface area contributed by atoms with Gasteiger partial charge in [0.15, 0.2) is 18.3 Å². The van der Waals surface area contributed by atoms with Crippen LogP contribution in [0.4, 0.5) is 0 Å². The quantitative estimate of drug-likeness (QED) is 0.252. The first kappa shape index (κ1) is 23.5. The molecule has 4 aromatic carbocycles. The van der Waals surface area contributed by atoms with E-state index in [0.29, 0.717) is 11.5 Å². The zero-order valence-corrected chi connectivity index (χ0v) is 20.2. The lowest BCUT2D eigenvalue weighted by molar-refractivity contribution is -0.124. The predicted molar refractivity (Wildman–Crippen MR) is 139 cm³/mol. The first-order valence-electron chi connectivity index (χ1n) is 10.3. The van der Waals surface area contributed by atoms with E-state index < -0.39 is 11.8 Å². The molecule has 0 heterocycles. The first-order chi connectivity index (χ1) is 16.5. The van der Waals surface area contributed by atoms with Gasteiger partial charge in [-0.25, -0.2) is 0 Å². The van der Waals surface area contributed by atoms with Crippen LogP contribution in [0.15, 0.2) is 83.3 Å². The molecule has 0 saturated carbocycles. The Morgan fingerprint density at radius 1 is 0.706 bits per heavy atom. The molecular weight excluding hydrogens is 518 g/mol. The smallest absolute Gasteiger partial charge is 0.276 e. The fourth-order valence-corrected chi connectivity index (χ4v) is 4.06. The van der Waals surface area contributed by atoms with Crippen molar-refractivity contribution in [2.45, 2.75) is 0 Å². The van der Waals surface area contributed by atoms with Crippen molar-refractivity contribution in [1.29, 1.82) is 0 Å². The highest BCUT2D eigenvalue weighted by Gasteiger charge is 2.11.